The van der Waals surface area contributed by atoms with Gasteiger partial charge in [0.15, 0.2) is 0 Å². The lowest BCUT2D eigenvalue weighted by atomic mass is 9.79. The molecule has 3 rings (SSSR count). The Hall–Kier alpha value is -3.40. The van der Waals surface area contributed by atoms with E-state index in [0.29, 0.717) is 22.5 Å². The number of rotatable bonds is 4. The van der Waals surface area contributed by atoms with Crippen molar-refractivity contribution >= 4 is 23.8 Å². The number of aliphatic imine (C=N–C) groups is 2. The van der Waals surface area contributed by atoms with Crippen molar-refractivity contribution in [2.45, 2.75) is 78.6 Å². The van der Waals surface area contributed by atoms with Gasteiger partial charge in [-0.2, -0.15) is 0 Å². The predicted molar refractivity (Wildman–Crippen MR) is 153 cm³/mol. The number of aromatic hydroxyl groups is 2. The fourth-order valence-electron chi connectivity index (χ4n) is 3.85. The standard InChI is InChI=1S/C32H40N2O2/c1-30(2,3)23-14-15-28(35)21(16-23)19-33-26-12-10-11-13-27(26)34-20-22-17-24(31(4,5)6)18-25(29(22)36)32(7,8)9/h10-20,35-36H,1-9H3. The van der Waals surface area contributed by atoms with Crippen molar-refractivity contribution in [3.8, 4) is 11.5 Å². The normalized spacial score (nSPS) is 13.1. The minimum atomic E-state index is -0.209. The lowest BCUT2D eigenvalue weighted by molar-refractivity contribution is 0.444. The van der Waals surface area contributed by atoms with Gasteiger partial charge in [-0.1, -0.05) is 86.6 Å². The molecule has 0 saturated heterocycles. The Morgan fingerprint density at radius 1 is 0.583 bits per heavy atom. The summed E-state index contributed by atoms with van der Waals surface area (Å²) in [5.74, 6) is 0.440. The average Bonchev–Trinajstić information content (AvgIpc) is 2.76. The summed E-state index contributed by atoms with van der Waals surface area (Å²) in [5.41, 5.74) is 5.56. The third-order valence-electron chi connectivity index (χ3n) is 6.27. The van der Waals surface area contributed by atoms with E-state index >= 15 is 0 Å². The first-order valence-electron chi connectivity index (χ1n) is 12.5. The molecule has 4 nitrogen and oxygen atoms in total. The monoisotopic (exact) mass is 484 g/mol. The van der Waals surface area contributed by atoms with Crippen molar-refractivity contribution in [3.05, 3.63) is 82.4 Å². The van der Waals surface area contributed by atoms with Crippen LogP contribution in [0.15, 0.2) is 64.6 Å². The van der Waals surface area contributed by atoms with Gasteiger partial charge in [0.2, 0.25) is 0 Å². The molecular weight excluding hydrogens is 444 g/mol. The summed E-state index contributed by atoms with van der Waals surface area (Å²) in [6.45, 7) is 19.2. The third-order valence-corrected chi connectivity index (χ3v) is 6.27. The number of para-hydroxylation sites is 2. The maximum Gasteiger partial charge on any atom is 0.128 e. The Morgan fingerprint density at radius 3 is 1.58 bits per heavy atom. The molecule has 3 aromatic rings. The van der Waals surface area contributed by atoms with E-state index in [1.807, 2.05) is 42.5 Å². The van der Waals surface area contributed by atoms with Gasteiger partial charge >= 0.3 is 0 Å². The molecule has 0 aromatic heterocycles. The maximum atomic E-state index is 11.1. The molecule has 36 heavy (non-hydrogen) atoms. The highest BCUT2D eigenvalue weighted by molar-refractivity contribution is 5.90. The van der Waals surface area contributed by atoms with Crippen LogP contribution >= 0.6 is 0 Å². The quantitative estimate of drug-likeness (QED) is 0.365. The molecule has 0 fully saturated rings. The minimum absolute atomic E-state index is 0.0337. The zero-order valence-corrected chi connectivity index (χ0v) is 23.1. The summed E-state index contributed by atoms with van der Waals surface area (Å²) in [6, 6.07) is 17.3. The molecule has 4 heteroatoms. The van der Waals surface area contributed by atoms with Crippen LogP contribution < -0.4 is 0 Å². The molecule has 0 aliphatic carbocycles. The van der Waals surface area contributed by atoms with Crippen LogP contribution in [-0.4, -0.2) is 22.6 Å². The van der Waals surface area contributed by atoms with Crippen LogP contribution in [0, 0.1) is 0 Å². The highest BCUT2D eigenvalue weighted by Crippen LogP contribution is 2.38. The van der Waals surface area contributed by atoms with Crippen molar-refractivity contribution in [2.75, 3.05) is 0 Å². The van der Waals surface area contributed by atoms with E-state index in [2.05, 4.69) is 73.4 Å². The topological polar surface area (TPSA) is 65.2 Å². The first-order valence-corrected chi connectivity index (χ1v) is 12.5. The Kier molecular flexibility index (Phi) is 7.50. The Labute approximate surface area is 216 Å². The molecule has 0 unspecified atom stereocenters. The van der Waals surface area contributed by atoms with Crippen molar-refractivity contribution in [1.82, 2.24) is 0 Å². The van der Waals surface area contributed by atoms with E-state index in [1.165, 1.54) is 0 Å². The molecule has 0 spiro atoms. The molecule has 0 amide bonds. The molecular formula is C32H40N2O2. The third kappa shape index (κ3) is 6.42. The zero-order chi connectivity index (χ0) is 26.9. The fraction of sp³-hybridized carbons (Fsp3) is 0.375. The summed E-state index contributed by atoms with van der Waals surface area (Å²) in [4.78, 5) is 9.36. The summed E-state index contributed by atoms with van der Waals surface area (Å²) in [7, 11) is 0. The van der Waals surface area contributed by atoms with Gasteiger partial charge in [-0.3, -0.25) is 9.98 Å². The van der Waals surface area contributed by atoms with Crippen LogP contribution in [0.25, 0.3) is 0 Å². The molecule has 0 aliphatic heterocycles. The maximum absolute atomic E-state index is 11.1. The summed E-state index contributed by atoms with van der Waals surface area (Å²) >= 11 is 0. The fourth-order valence-corrected chi connectivity index (χ4v) is 3.85. The van der Waals surface area contributed by atoms with Crippen molar-refractivity contribution < 1.29 is 10.2 Å². The van der Waals surface area contributed by atoms with Crippen LogP contribution in [0.1, 0.15) is 90.1 Å². The van der Waals surface area contributed by atoms with E-state index in [9.17, 15) is 10.2 Å². The van der Waals surface area contributed by atoms with Gasteiger partial charge in [-0.15, -0.1) is 0 Å². The number of hydrogen-bond donors (Lipinski definition) is 2. The number of nitrogens with zero attached hydrogens (tertiary/aromatic N) is 2. The molecule has 0 saturated carbocycles. The van der Waals surface area contributed by atoms with E-state index in [-0.39, 0.29) is 27.7 Å². The van der Waals surface area contributed by atoms with Crippen molar-refractivity contribution in [3.63, 3.8) is 0 Å². The lowest BCUT2D eigenvalue weighted by Crippen LogP contribution is -2.17. The second-order valence-electron chi connectivity index (χ2n) is 12.5. The van der Waals surface area contributed by atoms with Crippen molar-refractivity contribution in [1.29, 1.82) is 0 Å². The van der Waals surface area contributed by atoms with E-state index in [1.54, 1.807) is 18.5 Å². The highest BCUT2D eigenvalue weighted by atomic mass is 16.3. The van der Waals surface area contributed by atoms with Gasteiger partial charge < -0.3 is 10.2 Å². The number of phenols is 2. The smallest absolute Gasteiger partial charge is 0.128 e. The lowest BCUT2D eigenvalue weighted by Gasteiger charge is -2.27. The van der Waals surface area contributed by atoms with Gasteiger partial charge in [-0.25, -0.2) is 0 Å². The molecule has 0 aliphatic rings. The van der Waals surface area contributed by atoms with Gasteiger partial charge in [0.25, 0.3) is 0 Å². The van der Waals surface area contributed by atoms with E-state index < -0.39 is 0 Å². The van der Waals surface area contributed by atoms with Crippen LogP contribution in [-0.2, 0) is 16.2 Å². The van der Waals surface area contributed by atoms with Crippen LogP contribution in [0.5, 0.6) is 11.5 Å². The number of hydrogen-bond acceptors (Lipinski definition) is 4. The summed E-state index contributed by atoms with van der Waals surface area (Å²) in [5, 5.41) is 21.5. The van der Waals surface area contributed by atoms with E-state index in [0.717, 1.165) is 16.7 Å². The number of benzene rings is 3. The first-order chi connectivity index (χ1) is 16.6. The Bertz CT molecular complexity index is 1300. The van der Waals surface area contributed by atoms with Gasteiger partial charge in [-0.05, 0) is 57.7 Å². The average molecular weight is 485 g/mol. The largest absolute Gasteiger partial charge is 0.507 e. The molecule has 0 atom stereocenters. The van der Waals surface area contributed by atoms with Crippen LogP contribution in [0.4, 0.5) is 11.4 Å². The molecule has 2 N–H and O–H groups in total. The Balaban J connectivity index is 2.02. The summed E-state index contributed by atoms with van der Waals surface area (Å²) in [6.07, 6.45) is 3.39. The number of phenolic OH excluding ortho intramolecular Hbond substituents is 2. The van der Waals surface area contributed by atoms with Crippen LogP contribution in [0.3, 0.4) is 0 Å². The second-order valence-corrected chi connectivity index (χ2v) is 12.5. The molecule has 3 aromatic carbocycles. The summed E-state index contributed by atoms with van der Waals surface area (Å²) < 4.78 is 0. The van der Waals surface area contributed by atoms with Gasteiger partial charge in [0.1, 0.15) is 11.5 Å². The highest BCUT2D eigenvalue weighted by Gasteiger charge is 2.24. The molecule has 0 radical (unpaired) electrons. The van der Waals surface area contributed by atoms with E-state index in [4.69, 9.17) is 4.99 Å². The Morgan fingerprint density at radius 2 is 1.08 bits per heavy atom. The second kappa shape index (κ2) is 9.93. The van der Waals surface area contributed by atoms with Gasteiger partial charge in [0, 0.05) is 29.1 Å². The first kappa shape index (κ1) is 27.2. The SMILES string of the molecule is CC(C)(C)c1ccc(O)c(C=Nc2ccccc2N=Cc2cc(C(C)(C)C)cc(C(C)(C)C)c2O)c1. The molecule has 0 heterocycles. The molecule has 190 valence electrons. The predicted octanol–water partition coefficient (Wildman–Crippen LogP) is 8.49. The zero-order valence-electron chi connectivity index (χ0n) is 23.1. The van der Waals surface area contributed by atoms with Crippen molar-refractivity contribution in [2.24, 2.45) is 9.98 Å². The van der Waals surface area contributed by atoms with Gasteiger partial charge in [0.05, 0.1) is 11.4 Å². The van der Waals surface area contributed by atoms with Crippen LogP contribution in [0.2, 0.25) is 0 Å². The minimum Gasteiger partial charge on any atom is -0.507 e. The molecule has 0 bridgehead atoms.